The van der Waals surface area contributed by atoms with Crippen LogP contribution in [0, 0.1) is 6.92 Å². The highest BCUT2D eigenvalue weighted by Gasteiger charge is 2.14. The van der Waals surface area contributed by atoms with Crippen molar-refractivity contribution in [3.05, 3.63) is 5.82 Å². The van der Waals surface area contributed by atoms with Gasteiger partial charge in [0.1, 0.15) is 5.82 Å². The molecule has 2 heterocycles. The molecule has 74 valence electrons. The zero-order valence-electron chi connectivity index (χ0n) is 7.85. The average molecular weight is 211 g/mol. The maximum absolute atomic E-state index is 5.70. The van der Waals surface area contributed by atoms with Crippen molar-refractivity contribution >= 4 is 26.3 Å². The number of nitrogen functional groups attached to an aromatic ring is 1. The second kappa shape index (κ2) is 3.06. The van der Waals surface area contributed by atoms with E-state index in [0.29, 0.717) is 28.6 Å². The lowest BCUT2D eigenvalue weighted by Crippen LogP contribution is -1.96. The van der Waals surface area contributed by atoms with Crippen molar-refractivity contribution in [3.63, 3.8) is 0 Å². The van der Waals surface area contributed by atoms with Crippen LogP contribution >= 0.6 is 9.47 Å². The summed E-state index contributed by atoms with van der Waals surface area (Å²) in [6, 6.07) is 0. The smallest absolute Gasteiger partial charge is 0.241 e. The lowest BCUT2D eigenvalue weighted by atomic mass is 10.4. The van der Waals surface area contributed by atoms with E-state index in [-0.39, 0.29) is 0 Å². The lowest BCUT2D eigenvalue weighted by molar-refractivity contribution is 0.555. The molecular formula is C7H10N5OP. The third kappa shape index (κ3) is 1.19. The summed E-state index contributed by atoms with van der Waals surface area (Å²) in [4.78, 5) is 8.23. The van der Waals surface area contributed by atoms with Crippen molar-refractivity contribution in [1.82, 2.24) is 19.7 Å². The van der Waals surface area contributed by atoms with E-state index in [0.717, 1.165) is 0 Å². The molecule has 0 aliphatic rings. The highest BCUT2D eigenvalue weighted by atomic mass is 31.0. The van der Waals surface area contributed by atoms with Crippen LogP contribution < -0.4 is 10.3 Å². The minimum atomic E-state index is 0.372. The minimum absolute atomic E-state index is 0.372. The molecule has 2 rings (SSSR count). The minimum Gasteiger partial charge on any atom is -0.462 e. The molecule has 2 aromatic heterocycles. The Labute approximate surface area is 82.8 Å². The van der Waals surface area contributed by atoms with Crippen molar-refractivity contribution in [3.8, 4) is 5.88 Å². The fraction of sp³-hybridized carbons (Fsp3) is 0.286. The monoisotopic (exact) mass is 211 g/mol. The fourth-order valence-corrected chi connectivity index (χ4v) is 1.58. The van der Waals surface area contributed by atoms with Crippen LogP contribution in [0.25, 0.3) is 11.0 Å². The van der Waals surface area contributed by atoms with Crippen LogP contribution in [-0.4, -0.2) is 19.7 Å². The van der Waals surface area contributed by atoms with E-state index < -0.39 is 0 Å². The number of aryl methyl sites for hydroxylation is 2. The summed E-state index contributed by atoms with van der Waals surface area (Å²) in [5.41, 5.74) is 6.90. The molecule has 6 nitrogen and oxygen atoms in total. The summed E-state index contributed by atoms with van der Waals surface area (Å²) < 4.78 is 6.65. The van der Waals surface area contributed by atoms with Crippen LogP contribution in [0.1, 0.15) is 5.82 Å². The molecule has 0 amide bonds. The van der Waals surface area contributed by atoms with Gasteiger partial charge >= 0.3 is 0 Å². The summed E-state index contributed by atoms with van der Waals surface area (Å²) in [5.74, 6) is 1.53. The van der Waals surface area contributed by atoms with Crippen LogP contribution in [0.15, 0.2) is 0 Å². The molecule has 0 aliphatic carbocycles. The van der Waals surface area contributed by atoms with E-state index in [1.54, 1.807) is 18.7 Å². The first-order valence-corrected chi connectivity index (χ1v) is 4.44. The Kier molecular flexibility index (Phi) is 2.00. The van der Waals surface area contributed by atoms with Crippen LogP contribution in [0.5, 0.6) is 5.88 Å². The van der Waals surface area contributed by atoms with E-state index in [2.05, 4.69) is 24.5 Å². The quantitative estimate of drug-likeness (QED) is 0.691. The van der Waals surface area contributed by atoms with Gasteiger partial charge in [0.05, 0.1) is 9.47 Å². The predicted molar refractivity (Wildman–Crippen MR) is 55.8 cm³/mol. The maximum Gasteiger partial charge on any atom is 0.241 e. The van der Waals surface area contributed by atoms with Crippen LogP contribution in [0.3, 0.4) is 0 Å². The van der Waals surface area contributed by atoms with Gasteiger partial charge in [-0.1, -0.05) is 0 Å². The number of anilines is 1. The van der Waals surface area contributed by atoms with Crippen LogP contribution in [0.2, 0.25) is 0 Å². The number of rotatable bonds is 1. The highest BCUT2D eigenvalue weighted by Crippen LogP contribution is 2.26. The summed E-state index contributed by atoms with van der Waals surface area (Å²) in [6.07, 6.45) is 0. The van der Waals surface area contributed by atoms with Gasteiger partial charge in [0.15, 0.2) is 16.9 Å². The molecule has 7 heteroatoms. The van der Waals surface area contributed by atoms with Gasteiger partial charge in [0.2, 0.25) is 5.88 Å². The Bertz CT molecular complexity index is 494. The summed E-state index contributed by atoms with van der Waals surface area (Å²) >= 11 is 0. The van der Waals surface area contributed by atoms with Crippen LogP contribution in [-0.2, 0) is 7.05 Å². The molecule has 0 fully saturated rings. The third-order valence-corrected chi connectivity index (χ3v) is 2.10. The molecule has 0 aromatic carbocycles. The second-order valence-electron chi connectivity index (χ2n) is 2.90. The summed E-state index contributed by atoms with van der Waals surface area (Å²) in [5, 5.41) is 4.15. The first-order valence-electron chi connectivity index (χ1n) is 3.97. The average Bonchev–Trinajstić information content (AvgIpc) is 2.41. The van der Waals surface area contributed by atoms with E-state index in [1.807, 2.05) is 0 Å². The molecular weight excluding hydrogens is 201 g/mol. The number of hydrogen-bond donors (Lipinski definition) is 1. The Balaban J connectivity index is 2.87. The number of hydrogen-bond acceptors (Lipinski definition) is 5. The van der Waals surface area contributed by atoms with Crippen LogP contribution in [0.4, 0.5) is 5.82 Å². The van der Waals surface area contributed by atoms with E-state index in [9.17, 15) is 0 Å². The fourth-order valence-electron chi connectivity index (χ4n) is 1.32. The topological polar surface area (TPSA) is 78.8 Å². The Morgan fingerprint density at radius 3 is 2.71 bits per heavy atom. The number of fused-ring (bicyclic) bond motifs is 1. The normalized spacial score (nSPS) is 10.8. The molecule has 0 radical (unpaired) electrons. The van der Waals surface area contributed by atoms with Gasteiger partial charge in [0.25, 0.3) is 0 Å². The number of nitrogens with two attached hydrogens (primary N) is 1. The molecule has 14 heavy (non-hydrogen) atoms. The number of nitrogens with zero attached hydrogens (tertiary/aromatic N) is 4. The Hall–Kier alpha value is -1.42. The molecule has 2 aromatic rings. The maximum atomic E-state index is 5.70. The summed E-state index contributed by atoms with van der Waals surface area (Å²) in [7, 11) is 3.92. The van der Waals surface area contributed by atoms with E-state index in [1.165, 1.54) is 0 Å². The molecule has 0 saturated heterocycles. The van der Waals surface area contributed by atoms with Gasteiger partial charge < -0.3 is 10.3 Å². The van der Waals surface area contributed by atoms with Crippen molar-refractivity contribution < 1.29 is 4.52 Å². The zero-order chi connectivity index (χ0) is 10.3. The van der Waals surface area contributed by atoms with Gasteiger partial charge in [0, 0.05) is 7.05 Å². The van der Waals surface area contributed by atoms with E-state index >= 15 is 0 Å². The largest absolute Gasteiger partial charge is 0.462 e. The molecule has 0 spiro atoms. The predicted octanol–water partition coefficient (Wildman–Crippen LogP) is 0.423. The Morgan fingerprint density at radius 1 is 1.36 bits per heavy atom. The number of aromatic nitrogens is 4. The summed E-state index contributed by atoms with van der Waals surface area (Å²) in [6.45, 7) is 1.77. The van der Waals surface area contributed by atoms with Gasteiger partial charge in [-0.05, 0) is 6.92 Å². The van der Waals surface area contributed by atoms with Crippen molar-refractivity contribution in [1.29, 1.82) is 0 Å². The first-order chi connectivity index (χ1) is 6.63. The standard InChI is InChI=1S/C7H10N5OP/c1-3-9-5-4(6(8)10-3)11-12(2)7(5)13-14/h14H2,1-2H3,(H2,8,9,10). The lowest BCUT2D eigenvalue weighted by Gasteiger charge is -1.98. The Morgan fingerprint density at radius 2 is 2.07 bits per heavy atom. The van der Waals surface area contributed by atoms with E-state index in [4.69, 9.17) is 10.3 Å². The molecule has 1 atom stereocenters. The van der Waals surface area contributed by atoms with Crippen molar-refractivity contribution in [2.75, 3.05) is 5.73 Å². The highest BCUT2D eigenvalue weighted by molar-refractivity contribution is 7.10. The molecule has 1 unspecified atom stereocenters. The SMILES string of the molecule is Cc1nc(N)c2nn(C)c(OP)c2n1. The first kappa shape index (κ1) is 9.15. The van der Waals surface area contributed by atoms with Gasteiger partial charge in [-0.15, -0.1) is 0 Å². The molecule has 0 aliphatic heterocycles. The van der Waals surface area contributed by atoms with Gasteiger partial charge in [-0.25, -0.2) is 14.6 Å². The second-order valence-corrected chi connectivity index (χ2v) is 3.14. The molecule has 2 N–H and O–H groups in total. The zero-order valence-corrected chi connectivity index (χ0v) is 9.01. The third-order valence-electron chi connectivity index (χ3n) is 1.88. The molecule has 0 saturated carbocycles. The van der Waals surface area contributed by atoms with Crippen molar-refractivity contribution in [2.24, 2.45) is 7.05 Å². The van der Waals surface area contributed by atoms with Gasteiger partial charge in [-0.3, -0.25) is 0 Å². The van der Waals surface area contributed by atoms with Crippen molar-refractivity contribution in [2.45, 2.75) is 6.92 Å². The molecule has 0 bridgehead atoms. The van der Waals surface area contributed by atoms with Gasteiger partial charge in [-0.2, -0.15) is 5.10 Å².